The summed E-state index contributed by atoms with van der Waals surface area (Å²) >= 11 is 0. The number of carbonyl (C=O) groups is 1. The number of benzene rings is 1. The van der Waals surface area contributed by atoms with Crippen molar-refractivity contribution in [2.75, 3.05) is 13.7 Å². The van der Waals surface area contributed by atoms with Crippen LogP contribution in [0.3, 0.4) is 0 Å². The first-order valence-electron chi connectivity index (χ1n) is 10.8. The molecule has 33 heavy (non-hydrogen) atoms. The molecule has 1 aromatic carbocycles. The maximum absolute atomic E-state index is 14.5. The predicted octanol–water partition coefficient (Wildman–Crippen LogP) is 2.15. The second kappa shape index (κ2) is 7.64. The monoisotopic (exact) mass is 454 g/mol. The maximum atomic E-state index is 14.5. The molecule has 0 radical (unpaired) electrons. The summed E-state index contributed by atoms with van der Waals surface area (Å²) in [5.41, 5.74) is 1.18. The first-order valence-corrected chi connectivity index (χ1v) is 10.8. The quantitative estimate of drug-likeness (QED) is 0.445. The fraction of sp³-hybridized carbons (Fsp3) is 0.375. The van der Waals surface area contributed by atoms with Crippen LogP contribution in [0.5, 0.6) is 5.75 Å². The molecule has 4 heterocycles. The van der Waals surface area contributed by atoms with Crippen molar-refractivity contribution < 1.29 is 28.9 Å². The van der Waals surface area contributed by atoms with Gasteiger partial charge in [-0.3, -0.25) is 4.79 Å². The summed E-state index contributed by atoms with van der Waals surface area (Å²) in [7, 11) is 1.39. The van der Waals surface area contributed by atoms with Crippen molar-refractivity contribution in [3.8, 4) is 17.1 Å². The van der Waals surface area contributed by atoms with E-state index in [1.165, 1.54) is 13.2 Å². The van der Waals surface area contributed by atoms with Crippen molar-refractivity contribution >= 4 is 16.9 Å². The zero-order valence-corrected chi connectivity index (χ0v) is 18.3. The van der Waals surface area contributed by atoms with Gasteiger partial charge in [0.05, 0.1) is 36.1 Å². The molecule has 172 valence electrons. The van der Waals surface area contributed by atoms with Gasteiger partial charge in [0.2, 0.25) is 0 Å². The van der Waals surface area contributed by atoms with Crippen LogP contribution < -0.4 is 10.3 Å². The normalized spacial score (nSPS) is 18.6. The molecule has 8 nitrogen and oxygen atoms in total. The van der Waals surface area contributed by atoms with Crippen molar-refractivity contribution in [3.63, 3.8) is 0 Å². The molecule has 2 aliphatic heterocycles. The number of esters is 1. The standard InChI is InChI=1S/C24H23FN2O6/c1-3-24(31)16-8-19-21-14(10-27(19)22(29)15(16)11-33-23(24)30)12(5-4-6-28)13-7-20(32-2)17(25)9-18(13)26-21/h7-9,28,31H,3-6,10-11H2,1-2H3/t24-/m0/s1. The Balaban J connectivity index is 1.81. The Morgan fingerprint density at radius 2 is 2.06 bits per heavy atom. The first kappa shape index (κ1) is 21.5. The second-order valence-electron chi connectivity index (χ2n) is 8.35. The fourth-order valence-corrected chi connectivity index (χ4v) is 4.86. The van der Waals surface area contributed by atoms with E-state index in [1.807, 2.05) is 0 Å². The van der Waals surface area contributed by atoms with Crippen LogP contribution in [-0.4, -0.2) is 39.5 Å². The van der Waals surface area contributed by atoms with Crippen molar-refractivity contribution in [1.82, 2.24) is 9.55 Å². The van der Waals surface area contributed by atoms with E-state index in [2.05, 4.69) is 4.98 Å². The summed E-state index contributed by atoms with van der Waals surface area (Å²) in [4.78, 5) is 30.4. The third-order valence-corrected chi connectivity index (χ3v) is 6.66. The molecule has 0 unspecified atom stereocenters. The average molecular weight is 454 g/mol. The highest BCUT2D eigenvalue weighted by atomic mass is 19.1. The van der Waals surface area contributed by atoms with Gasteiger partial charge in [0.1, 0.15) is 6.61 Å². The van der Waals surface area contributed by atoms with Crippen LogP contribution in [-0.2, 0) is 34.7 Å². The van der Waals surface area contributed by atoms with E-state index >= 15 is 0 Å². The van der Waals surface area contributed by atoms with Gasteiger partial charge in [-0.05, 0) is 37.0 Å². The van der Waals surface area contributed by atoms with Gasteiger partial charge in [0, 0.05) is 29.2 Å². The smallest absolute Gasteiger partial charge is 0.343 e. The highest BCUT2D eigenvalue weighted by molar-refractivity contribution is 5.90. The summed E-state index contributed by atoms with van der Waals surface area (Å²) < 4.78 is 26.3. The SMILES string of the molecule is CC[C@@]1(O)C(=O)OCc2c1cc1n(c2=O)Cc2c-1nc1cc(F)c(OC)cc1c2CCCO. The van der Waals surface area contributed by atoms with E-state index < -0.39 is 17.4 Å². The van der Waals surface area contributed by atoms with Gasteiger partial charge in [-0.1, -0.05) is 6.92 Å². The van der Waals surface area contributed by atoms with Gasteiger partial charge in [0.15, 0.2) is 17.2 Å². The Labute approximate surface area is 188 Å². The molecule has 2 aromatic heterocycles. The minimum Gasteiger partial charge on any atom is -0.494 e. The molecule has 2 aliphatic rings. The number of pyridine rings is 2. The molecule has 5 rings (SSSR count). The molecule has 1 atom stereocenters. The minimum atomic E-state index is -1.92. The molecule has 0 saturated heterocycles. The van der Waals surface area contributed by atoms with Gasteiger partial charge in [-0.15, -0.1) is 0 Å². The van der Waals surface area contributed by atoms with E-state index in [9.17, 15) is 24.2 Å². The summed E-state index contributed by atoms with van der Waals surface area (Å²) in [5.74, 6) is -1.26. The number of ether oxygens (including phenoxy) is 2. The number of aryl methyl sites for hydroxylation is 1. The molecular formula is C24H23FN2O6. The number of methoxy groups -OCH3 is 1. The molecule has 9 heteroatoms. The molecule has 0 saturated carbocycles. The highest BCUT2D eigenvalue weighted by Crippen LogP contribution is 2.41. The van der Waals surface area contributed by atoms with E-state index in [1.54, 1.807) is 23.6 Å². The zero-order chi connectivity index (χ0) is 23.5. The zero-order valence-electron chi connectivity index (χ0n) is 18.3. The summed E-state index contributed by atoms with van der Waals surface area (Å²) in [6, 6.07) is 4.50. The fourth-order valence-electron chi connectivity index (χ4n) is 4.86. The predicted molar refractivity (Wildman–Crippen MR) is 116 cm³/mol. The lowest BCUT2D eigenvalue weighted by molar-refractivity contribution is -0.172. The van der Waals surface area contributed by atoms with Crippen LogP contribution in [0.1, 0.15) is 42.0 Å². The Morgan fingerprint density at radius 3 is 2.76 bits per heavy atom. The molecule has 0 amide bonds. The highest BCUT2D eigenvalue weighted by Gasteiger charge is 2.45. The summed E-state index contributed by atoms with van der Waals surface area (Å²) in [6.07, 6.45) is 1.02. The number of fused-ring (bicyclic) bond motifs is 5. The Morgan fingerprint density at radius 1 is 1.27 bits per heavy atom. The lowest BCUT2D eigenvalue weighted by Crippen LogP contribution is -2.44. The Hall–Kier alpha value is -3.30. The Bertz CT molecular complexity index is 1380. The minimum absolute atomic E-state index is 0.0267. The summed E-state index contributed by atoms with van der Waals surface area (Å²) in [5, 5.41) is 21.1. The number of hydrogen-bond donors (Lipinski definition) is 2. The lowest BCUT2D eigenvalue weighted by Gasteiger charge is -2.31. The number of carbonyl (C=O) groups excluding carboxylic acids is 1. The molecular weight excluding hydrogens is 431 g/mol. The molecule has 2 N–H and O–H groups in total. The summed E-state index contributed by atoms with van der Waals surface area (Å²) in [6.45, 7) is 1.64. The van der Waals surface area contributed by atoms with Crippen LogP contribution in [0.25, 0.3) is 22.3 Å². The van der Waals surface area contributed by atoms with E-state index in [0.717, 1.165) is 11.1 Å². The van der Waals surface area contributed by atoms with Gasteiger partial charge in [-0.25, -0.2) is 14.2 Å². The van der Waals surface area contributed by atoms with Crippen LogP contribution in [0.2, 0.25) is 0 Å². The van der Waals surface area contributed by atoms with E-state index in [0.29, 0.717) is 35.1 Å². The lowest BCUT2D eigenvalue weighted by atomic mass is 9.86. The van der Waals surface area contributed by atoms with Crippen molar-refractivity contribution in [3.05, 3.63) is 56.6 Å². The van der Waals surface area contributed by atoms with Gasteiger partial charge < -0.3 is 24.3 Å². The van der Waals surface area contributed by atoms with E-state index in [4.69, 9.17) is 9.47 Å². The van der Waals surface area contributed by atoms with Crippen LogP contribution in [0, 0.1) is 5.82 Å². The van der Waals surface area contributed by atoms with Crippen molar-refractivity contribution in [2.45, 2.75) is 44.9 Å². The van der Waals surface area contributed by atoms with Crippen molar-refractivity contribution in [1.29, 1.82) is 0 Å². The number of aliphatic hydroxyl groups excluding tert-OH is 1. The molecule has 0 spiro atoms. The van der Waals surface area contributed by atoms with Crippen LogP contribution >= 0.6 is 0 Å². The number of halogens is 1. The average Bonchev–Trinajstić information content (AvgIpc) is 3.18. The van der Waals surface area contributed by atoms with E-state index in [-0.39, 0.29) is 48.6 Å². The number of aliphatic hydroxyl groups is 2. The Kier molecular flexibility index (Phi) is 4.98. The third kappa shape index (κ3) is 2.99. The van der Waals surface area contributed by atoms with Crippen LogP contribution in [0.15, 0.2) is 23.0 Å². The number of cyclic esters (lactones) is 1. The largest absolute Gasteiger partial charge is 0.494 e. The molecule has 0 fully saturated rings. The number of nitrogens with zero attached hydrogens (tertiary/aromatic N) is 2. The number of rotatable bonds is 5. The number of hydrogen-bond acceptors (Lipinski definition) is 7. The van der Waals surface area contributed by atoms with Crippen molar-refractivity contribution in [2.24, 2.45) is 0 Å². The second-order valence-corrected chi connectivity index (χ2v) is 8.35. The third-order valence-electron chi connectivity index (χ3n) is 6.66. The molecule has 0 aliphatic carbocycles. The van der Waals surface area contributed by atoms with Crippen LogP contribution in [0.4, 0.5) is 4.39 Å². The molecule has 3 aromatic rings. The van der Waals surface area contributed by atoms with Gasteiger partial charge in [-0.2, -0.15) is 0 Å². The molecule has 0 bridgehead atoms. The van der Waals surface area contributed by atoms with Gasteiger partial charge in [0.25, 0.3) is 5.56 Å². The number of aromatic nitrogens is 2. The maximum Gasteiger partial charge on any atom is 0.343 e. The topological polar surface area (TPSA) is 111 Å². The van der Waals surface area contributed by atoms with Gasteiger partial charge >= 0.3 is 5.97 Å². The first-order chi connectivity index (χ1) is 15.8.